The van der Waals surface area contributed by atoms with E-state index in [9.17, 15) is 34.5 Å². The number of imidazole rings is 2. The van der Waals surface area contributed by atoms with E-state index in [1.807, 2.05) is 0 Å². The van der Waals surface area contributed by atoms with Crippen LogP contribution < -0.4 is 9.13 Å². The molecule has 5 nitrogen and oxygen atoms in total. The fourth-order valence-electron chi connectivity index (χ4n) is 5.84. The molecule has 7 aromatic rings. The molecule has 0 saturated carbocycles. The Morgan fingerprint density at radius 2 is 0.830 bits per heavy atom. The van der Waals surface area contributed by atoms with Gasteiger partial charge in [0.2, 0.25) is 0 Å². The minimum Gasteiger partial charge on any atom is -0.418 e. The van der Waals surface area contributed by atoms with Gasteiger partial charge >= 0.3 is 14.5 Å². The van der Waals surface area contributed by atoms with Crippen molar-refractivity contribution in [2.45, 2.75) is 52.4 Å². The van der Waals surface area contributed by atoms with Gasteiger partial charge in [-0.05, 0) is 70.5 Å². The van der Waals surface area contributed by atoms with Gasteiger partial charge in [0.15, 0.2) is 11.4 Å². The number of hydrogen-bond acceptors (Lipinski definition) is 0. The highest BCUT2D eigenvalue weighted by atomic mass is 19.5. The van der Waals surface area contributed by atoms with Crippen molar-refractivity contribution in [2.24, 2.45) is 0 Å². The maximum Gasteiger partial charge on any atom is 0.673 e. The van der Waals surface area contributed by atoms with Gasteiger partial charge in [0.1, 0.15) is 36.2 Å². The van der Waals surface area contributed by atoms with Crippen molar-refractivity contribution in [3.05, 3.63) is 133 Å². The maximum absolute atomic E-state index is 9.75. The van der Waals surface area contributed by atoms with Crippen LogP contribution in [0.25, 0.3) is 44.6 Å². The van der Waals surface area contributed by atoms with E-state index < -0.39 is 14.5 Å². The molecule has 0 saturated heterocycles. The van der Waals surface area contributed by atoms with Gasteiger partial charge in [0.25, 0.3) is 12.7 Å². The minimum absolute atomic E-state index is 0.0127. The summed E-state index contributed by atoms with van der Waals surface area (Å²) in [5.41, 5.74) is 9.41. The molecule has 0 bridgehead atoms. The van der Waals surface area contributed by atoms with Crippen LogP contribution in [-0.2, 0) is 10.8 Å². The Balaban J connectivity index is 0.000000481. The van der Waals surface area contributed by atoms with E-state index in [2.05, 4.69) is 187 Å². The molecule has 0 radical (unpaired) electrons. The van der Waals surface area contributed by atoms with Gasteiger partial charge in [-0.1, -0.05) is 77.9 Å². The Morgan fingerprint density at radius 1 is 0.509 bits per heavy atom. The van der Waals surface area contributed by atoms with Crippen LogP contribution in [0.4, 0.5) is 34.5 Å². The number of nitrogens with one attached hydrogen (secondary N) is 1. The Morgan fingerprint density at radius 3 is 1.13 bits per heavy atom. The third kappa shape index (κ3) is 9.97. The van der Waals surface area contributed by atoms with Gasteiger partial charge < -0.3 is 39.5 Å². The molecule has 278 valence electrons. The van der Waals surface area contributed by atoms with Crippen molar-refractivity contribution >= 4 is 36.3 Å². The quantitative estimate of drug-likeness (QED) is 0.106. The molecule has 7 rings (SSSR count). The van der Waals surface area contributed by atoms with Crippen LogP contribution in [0, 0.1) is 0 Å². The van der Waals surface area contributed by atoms with E-state index in [1.165, 1.54) is 21.9 Å². The molecule has 0 fully saturated rings. The van der Waals surface area contributed by atoms with E-state index in [1.54, 1.807) is 0 Å². The molecule has 0 atom stereocenters. The molecular weight excluding hydrogens is 700 g/mol. The predicted molar refractivity (Wildman–Crippen MR) is 195 cm³/mol. The van der Waals surface area contributed by atoms with Crippen molar-refractivity contribution < 1.29 is 43.7 Å². The van der Waals surface area contributed by atoms with Crippen molar-refractivity contribution in [1.29, 1.82) is 0 Å². The van der Waals surface area contributed by atoms with Crippen LogP contribution in [0.5, 0.6) is 0 Å². The molecule has 15 heteroatoms. The first-order valence-electron chi connectivity index (χ1n) is 16.8. The second-order valence-electron chi connectivity index (χ2n) is 14.6. The first-order chi connectivity index (χ1) is 24.6. The topological polar surface area (TPSA) is 33.4 Å². The minimum atomic E-state index is -6.00. The normalized spacial score (nSPS) is 12.3. The highest BCUT2D eigenvalue weighted by Crippen LogP contribution is 2.37. The average molecular weight is 739 g/mol. The van der Waals surface area contributed by atoms with E-state index in [4.69, 9.17) is 0 Å². The van der Waals surface area contributed by atoms with Crippen LogP contribution in [0.1, 0.15) is 52.7 Å². The molecule has 4 aromatic carbocycles. The Bertz CT molecular complexity index is 2140. The van der Waals surface area contributed by atoms with Gasteiger partial charge in [0, 0.05) is 10.8 Å². The maximum atomic E-state index is 9.75. The summed E-state index contributed by atoms with van der Waals surface area (Å²) in [7, 11) is -12.0. The number of hydrogen-bond donors (Lipinski definition) is 1. The molecular formula is C38H39B2F8N5. The third-order valence-corrected chi connectivity index (χ3v) is 8.45. The van der Waals surface area contributed by atoms with Crippen molar-refractivity contribution in [1.82, 2.24) is 14.1 Å². The number of benzene rings is 4. The summed E-state index contributed by atoms with van der Waals surface area (Å²) in [5.74, 6) is 0. The Kier molecular flexibility index (Phi) is 10.7. The number of rotatable bonds is 4. The zero-order valence-corrected chi connectivity index (χ0v) is 30.0. The van der Waals surface area contributed by atoms with Gasteiger partial charge in [0.05, 0.1) is 11.0 Å². The molecule has 1 N–H and O–H groups in total. The standard InChI is InChI=1S/C38H39N5.2BF4/c1-37(2,3)27-21-31-32-22-28(38(4,5)6)24-34(43-20-18-41(26-43)30-15-11-8-12-16-30)36(32)39-35(31)33(23-27)42-19-17-40(25-42)29-13-9-7-10-14-29;2*2-1(3,4)5/h7-26,39H,1-6H3;;/q+2;2*-1. The summed E-state index contributed by atoms with van der Waals surface area (Å²) in [5, 5.41) is 2.49. The number of aromatic nitrogens is 5. The second-order valence-corrected chi connectivity index (χ2v) is 14.6. The number of halogens is 8. The SMILES string of the molecule is CC(C)(C)c1cc(-[n+]2ccn(-c3ccccc3)c2)c2[nH]c3c(-[n+]4ccn(-c5ccccc5)c4)cc(C(C)(C)C)cc3c2c1.F[B-](F)(F)F.F[B-](F)(F)F. The second kappa shape index (κ2) is 14.6. The van der Waals surface area contributed by atoms with Crippen LogP contribution >= 0.6 is 0 Å². The lowest BCUT2D eigenvalue weighted by Gasteiger charge is -2.20. The summed E-state index contributed by atoms with van der Waals surface area (Å²) in [4.78, 5) is 3.91. The number of H-pyrrole nitrogens is 1. The number of fused-ring (bicyclic) bond motifs is 3. The molecule has 3 heterocycles. The van der Waals surface area contributed by atoms with Crippen molar-refractivity contribution in [3.8, 4) is 22.7 Å². The monoisotopic (exact) mass is 739 g/mol. The summed E-state index contributed by atoms with van der Waals surface area (Å²) in [6.07, 6.45) is 12.9. The molecule has 0 aliphatic heterocycles. The lowest BCUT2D eigenvalue weighted by atomic mass is 9.84. The average Bonchev–Trinajstić information content (AvgIpc) is 3.82. The van der Waals surface area contributed by atoms with Crippen LogP contribution in [0.15, 0.2) is 122 Å². The number of nitrogens with zero attached hydrogens (tertiary/aromatic N) is 4. The summed E-state index contributed by atoms with van der Waals surface area (Å²) >= 11 is 0. The summed E-state index contributed by atoms with van der Waals surface area (Å²) < 4.78 is 86.8. The van der Waals surface area contributed by atoms with Gasteiger partial charge in [-0.2, -0.15) is 9.13 Å². The van der Waals surface area contributed by atoms with Gasteiger partial charge in [-0.15, -0.1) is 0 Å². The summed E-state index contributed by atoms with van der Waals surface area (Å²) in [6.45, 7) is 13.8. The van der Waals surface area contributed by atoms with Gasteiger partial charge in [-0.3, -0.25) is 0 Å². The van der Waals surface area contributed by atoms with Crippen LogP contribution in [0.3, 0.4) is 0 Å². The van der Waals surface area contributed by atoms with E-state index in [0.29, 0.717) is 0 Å². The zero-order chi connectivity index (χ0) is 38.9. The van der Waals surface area contributed by atoms with Crippen LogP contribution in [-0.4, -0.2) is 28.6 Å². The van der Waals surface area contributed by atoms with E-state index >= 15 is 0 Å². The highest BCUT2D eigenvalue weighted by Gasteiger charge is 2.26. The van der Waals surface area contributed by atoms with Gasteiger partial charge in [-0.25, -0.2) is 9.13 Å². The molecule has 0 unspecified atom stereocenters. The molecule has 0 aliphatic rings. The fourth-order valence-corrected chi connectivity index (χ4v) is 5.84. The Labute approximate surface area is 302 Å². The predicted octanol–water partition coefficient (Wildman–Crippen LogP) is 10.7. The van der Waals surface area contributed by atoms with Crippen molar-refractivity contribution in [2.75, 3.05) is 0 Å². The lowest BCUT2D eigenvalue weighted by Crippen LogP contribution is -2.29. The summed E-state index contributed by atoms with van der Waals surface area (Å²) in [6, 6.07) is 30.4. The fraction of sp³-hybridized carbons (Fsp3) is 0.211. The zero-order valence-electron chi connectivity index (χ0n) is 30.0. The molecule has 0 aliphatic carbocycles. The largest absolute Gasteiger partial charge is 0.673 e. The Hall–Kier alpha value is -5.33. The molecule has 0 amide bonds. The third-order valence-electron chi connectivity index (χ3n) is 8.45. The smallest absolute Gasteiger partial charge is 0.418 e. The number of aromatic amines is 1. The van der Waals surface area contributed by atoms with E-state index in [0.717, 1.165) is 33.8 Å². The van der Waals surface area contributed by atoms with Crippen LogP contribution in [0.2, 0.25) is 0 Å². The lowest BCUT2D eigenvalue weighted by molar-refractivity contribution is -0.593. The highest BCUT2D eigenvalue weighted by molar-refractivity contribution is 6.50. The first-order valence-corrected chi connectivity index (χ1v) is 16.8. The number of para-hydroxylation sites is 2. The molecule has 0 spiro atoms. The first kappa shape index (κ1) is 38.9. The molecule has 53 heavy (non-hydrogen) atoms. The van der Waals surface area contributed by atoms with E-state index in [-0.39, 0.29) is 10.8 Å². The molecule has 3 aromatic heterocycles. The van der Waals surface area contributed by atoms with Crippen molar-refractivity contribution in [3.63, 3.8) is 0 Å².